The van der Waals surface area contributed by atoms with Crippen molar-refractivity contribution in [2.75, 3.05) is 13.2 Å². The fourth-order valence-corrected chi connectivity index (χ4v) is 1.20. The van der Waals surface area contributed by atoms with Crippen molar-refractivity contribution >= 4 is 11.9 Å². The van der Waals surface area contributed by atoms with Crippen LogP contribution in [0, 0.1) is 11.6 Å². The average molecular weight is 258 g/mol. The van der Waals surface area contributed by atoms with E-state index >= 15 is 0 Å². The summed E-state index contributed by atoms with van der Waals surface area (Å²) in [6.07, 6.45) is -0.128. The molecule has 98 valence electrons. The van der Waals surface area contributed by atoms with E-state index in [1.165, 1.54) is 6.07 Å². The molecule has 0 N–H and O–H groups in total. The fourth-order valence-electron chi connectivity index (χ4n) is 1.20. The minimum Gasteiger partial charge on any atom is -0.466 e. The number of esters is 2. The summed E-state index contributed by atoms with van der Waals surface area (Å²) in [5.74, 6) is -3.94. The zero-order valence-electron chi connectivity index (χ0n) is 9.74. The van der Waals surface area contributed by atoms with Crippen molar-refractivity contribution < 1.29 is 27.8 Å². The van der Waals surface area contributed by atoms with Gasteiger partial charge in [0.25, 0.3) is 0 Å². The first-order valence-corrected chi connectivity index (χ1v) is 5.33. The monoisotopic (exact) mass is 258 g/mol. The summed E-state index contributed by atoms with van der Waals surface area (Å²) in [6.45, 7) is 1.63. The van der Waals surface area contributed by atoms with E-state index in [0.29, 0.717) is 0 Å². The van der Waals surface area contributed by atoms with Gasteiger partial charge in [-0.3, -0.25) is 4.79 Å². The average Bonchev–Trinajstić information content (AvgIpc) is 2.33. The van der Waals surface area contributed by atoms with Gasteiger partial charge >= 0.3 is 11.9 Å². The Morgan fingerprint density at radius 3 is 2.61 bits per heavy atom. The number of carbonyl (C=O) groups excluding carboxylic acids is 2. The standard InChI is InChI=1S/C12H12F2O4/c1-2-17-10(15)6-7-18-12(16)8-4-3-5-9(13)11(8)14/h3-5H,2,6-7H2,1H3. The van der Waals surface area contributed by atoms with Gasteiger partial charge in [-0.05, 0) is 19.1 Å². The maximum absolute atomic E-state index is 13.2. The Morgan fingerprint density at radius 1 is 1.22 bits per heavy atom. The number of hydrogen-bond acceptors (Lipinski definition) is 4. The molecular formula is C12H12F2O4. The van der Waals surface area contributed by atoms with Crippen molar-refractivity contribution in [1.29, 1.82) is 0 Å². The zero-order chi connectivity index (χ0) is 13.5. The molecular weight excluding hydrogens is 246 g/mol. The van der Waals surface area contributed by atoms with Crippen molar-refractivity contribution in [3.05, 3.63) is 35.4 Å². The second-order valence-electron chi connectivity index (χ2n) is 3.29. The minimum absolute atomic E-state index is 0.128. The number of carbonyl (C=O) groups is 2. The predicted molar refractivity (Wildman–Crippen MR) is 57.9 cm³/mol. The third-order valence-corrected chi connectivity index (χ3v) is 2.02. The molecule has 18 heavy (non-hydrogen) atoms. The highest BCUT2D eigenvalue weighted by Gasteiger charge is 2.16. The molecule has 1 aromatic rings. The van der Waals surface area contributed by atoms with E-state index in [-0.39, 0.29) is 19.6 Å². The van der Waals surface area contributed by atoms with Crippen LogP contribution in [0.1, 0.15) is 23.7 Å². The smallest absolute Gasteiger partial charge is 0.341 e. The molecule has 1 aromatic carbocycles. The second kappa shape index (κ2) is 6.68. The Labute approximate surface area is 103 Å². The van der Waals surface area contributed by atoms with Crippen LogP contribution in [-0.2, 0) is 14.3 Å². The Kier molecular flexibility index (Phi) is 5.23. The van der Waals surface area contributed by atoms with Gasteiger partial charge in [-0.25, -0.2) is 13.6 Å². The lowest BCUT2D eigenvalue weighted by molar-refractivity contribution is -0.143. The van der Waals surface area contributed by atoms with Crippen molar-refractivity contribution in [2.45, 2.75) is 13.3 Å². The van der Waals surface area contributed by atoms with Gasteiger partial charge in [0.15, 0.2) is 11.6 Å². The molecule has 0 atom stereocenters. The van der Waals surface area contributed by atoms with E-state index in [2.05, 4.69) is 9.47 Å². The third-order valence-electron chi connectivity index (χ3n) is 2.02. The molecule has 0 saturated carbocycles. The molecule has 0 aliphatic carbocycles. The van der Waals surface area contributed by atoms with Gasteiger partial charge in [0.05, 0.1) is 18.6 Å². The van der Waals surface area contributed by atoms with Gasteiger partial charge in [-0.2, -0.15) is 0 Å². The van der Waals surface area contributed by atoms with Gasteiger partial charge < -0.3 is 9.47 Å². The third kappa shape index (κ3) is 3.80. The summed E-state index contributed by atoms with van der Waals surface area (Å²) >= 11 is 0. The van der Waals surface area contributed by atoms with E-state index in [1.807, 2.05) is 0 Å². The molecule has 0 fully saturated rings. The Hall–Kier alpha value is -1.98. The van der Waals surface area contributed by atoms with Crippen LogP contribution < -0.4 is 0 Å². The first-order valence-electron chi connectivity index (χ1n) is 5.33. The van der Waals surface area contributed by atoms with Crippen LogP contribution in [0.2, 0.25) is 0 Å². The van der Waals surface area contributed by atoms with Crippen LogP contribution in [-0.4, -0.2) is 25.2 Å². The van der Waals surface area contributed by atoms with E-state index < -0.39 is 29.1 Å². The molecule has 0 radical (unpaired) electrons. The largest absolute Gasteiger partial charge is 0.466 e. The highest BCUT2D eigenvalue weighted by Crippen LogP contribution is 2.12. The number of ether oxygens (including phenoxy) is 2. The van der Waals surface area contributed by atoms with Crippen molar-refractivity contribution in [3.63, 3.8) is 0 Å². The molecule has 0 unspecified atom stereocenters. The molecule has 0 heterocycles. The van der Waals surface area contributed by atoms with Crippen molar-refractivity contribution in [2.24, 2.45) is 0 Å². The minimum atomic E-state index is -1.27. The summed E-state index contributed by atoms with van der Waals surface area (Å²) in [7, 11) is 0. The number of rotatable bonds is 5. The van der Waals surface area contributed by atoms with Crippen LogP contribution in [0.15, 0.2) is 18.2 Å². The molecule has 0 spiro atoms. The summed E-state index contributed by atoms with van der Waals surface area (Å²) in [5, 5.41) is 0. The van der Waals surface area contributed by atoms with Gasteiger partial charge in [0.1, 0.15) is 6.61 Å². The SMILES string of the molecule is CCOC(=O)CCOC(=O)c1cccc(F)c1F. The van der Waals surface area contributed by atoms with Crippen molar-refractivity contribution in [1.82, 2.24) is 0 Å². The molecule has 0 aromatic heterocycles. The van der Waals surface area contributed by atoms with Gasteiger partial charge in [-0.1, -0.05) is 6.07 Å². The van der Waals surface area contributed by atoms with E-state index in [0.717, 1.165) is 12.1 Å². The lowest BCUT2D eigenvalue weighted by Crippen LogP contribution is -2.13. The maximum Gasteiger partial charge on any atom is 0.341 e. The first kappa shape index (κ1) is 14.1. The van der Waals surface area contributed by atoms with Gasteiger partial charge in [0, 0.05) is 0 Å². The molecule has 0 aliphatic rings. The van der Waals surface area contributed by atoms with Crippen LogP contribution in [0.5, 0.6) is 0 Å². The molecule has 4 nitrogen and oxygen atoms in total. The zero-order valence-corrected chi connectivity index (χ0v) is 9.74. The maximum atomic E-state index is 13.2. The molecule has 0 saturated heterocycles. The van der Waals surface area contributed by atoms with E-state index in [9.17, 15) is 18.4 Å². The quantitative estimate of drug-likeness (QED) is 0.759. The number of halogens is 2. The topological polar surface area (TPSA) is 52.6 Å². The molecule has 0 bridgehead atoms. The van der Waals surface area contributed by atoms with Crippen LogP contribution in [0.3, 0.4) is 0 Å². The fraction of sp³-hybridized carbons (Fsp3) is 0.333. The molecule has 0 aliphatic heterocycles. The lowest BCUT2D eigenvalue weighted by Gasteiger charge is -2.05. The summed E-state index contributed by atoms with van der Waals surface area (Å²) < 4.78 is 35.3. The Bertz CT molecular complexity index is 446. The second-order valence-corrected chi connectivity index (χ2v) is 3.29. The summed E-state index contributed by atoms with van der Waals surface area (Å²) in [5.41, 5.74) is -0.501. The van der Waals surface area contributed by atoms with Crippen LogP contribution >= 0.6 is 0 Å². The number of hydrogen-bond donors (Lipinski definition) is 0. The Morgan fingerprint density at radius 2 is 1.94 bits per heavy atom. The molecule has 0 amide bonds. The highest BCUT2D eigenvalue weighted by atomic mass is 19.2. The highest BCUT2D eigenvalue weighted by molar-refractivity contribution is 5.89. The van der Waals surface area contributed by atoms with Crippen LogP contribution in [0.25, 0.3) is 0 Å². The molecule has 1 rings (SSSR count). The lowest BCUT2D eigenvalue weighted by atomic mass is 10.2. The predicted octanol–water partition coefficient (Wildman–Crippen LogP) is 2.07. The van der Waals surface area contributed by atoms with Crippen molar-refractivity contribution in [3.8, 4) is 0 Å². The van der Waals surface area contributed by atoms with E-state index in [1.54, 1.807) is 6.92 Å². The van der Waals surface area contributed by atoms with Crippen LogP contribution in [0.4, 0.5) is 8.78 Å². The summed E-state index contributed by atoms with van der Waals surface area (Å²) in [4.78, 5) is 22.3. The first-order chi connectivity index (χ1) is 8.56. The van der Waals surface area contributed by atoms with Gasteiger partial charge in [0.2, 0.25) is 0 Å². The summed E-state index contributed by atoms with van der Waals surface area (Å²) in [6, 6.07) is 3.19. The molecule has 6 heteroatoms. The van der Waals surface area contributed by atoms with E-state index in [4.69, 9.17) is 0 Å². The Balaban J connectivity index is 2.51. The van der Waals surface area contributed by atoms with Gasteiger partial charge in [-0.15, -0.1) is 0 Å². The normalized spacial score (nSPS) is 9.94. The number of benzene rings is 1.